The number of rotatable bonds is 6. The van der Waals surface area contributed by atoms with Gasteiger partial charge in [0.25, 0.3) is 0 Å². The van der Waals surface area contributed by atoms with Crippen LogP contribution in [0.4, 0.5) is 5.69 Å². The highest BCUT2D eigenvalue weighted by molar-refractivity contribution is 8.00. The first-order valence-electron chi connectivity index (χ1n) is 9.76. The second kappa shape index (κ2) is 8.47. The summed E-state index contributed by atoms with van der Waals surface area (Å²) in [5.74, 6) is 0.250. The first-order chi connectivity index (χ1) is 13.2. The van der Waals surface area contributed by atoms with E-state index in [-0.39, 0.29) is 16.5 Å². The van der Waals surface area contributed by atoms with Crippen molar-refractivity contribution in [2.45, 2.75) is 56.3 Å². The standard InChI is InChI=1S/C22H30N2O2S2/c1-17(20-8-5-6-9-21(20)27-22(2,3)4)23-16-18-10-12-19(13-11-18)24-14-7-15-28(24,25)26/h5-6,8-13,17,23H,7,14-16H2,1-4H3/t17-/m1/s1. The van der Waals surface area contributed by atoms with Crippen LogP contribution in [0, 0.1) is 0 Å². The number of hydrogen-bond donors (Lipinski definition) is 1. The second-order valence-electron chi connectivity index (χ2n) is 8.26. The van der Waals surface area contributed by atoms with Crippen LogP contribution in [0.15, 0.2) is 53.4 Å². The van der Waals surface area contributed by atoms with Crippen molar-refractivity contribution in [2.75, 3.05) is 16.6 Å². The maximum atomic E-state index is 12.1. The Morgan fingerprint density at radius 3 is 2.39 bits per heavy atom. The van der Waals surface area contributed by atoms with E-state index in [1.54, 1.807) is 0 Å². The lowest BCUT2D eigenvalue weighted by Crippen LogP contribution is -2.25. The minimum absolute atomic E-state index is 0.168. The molecule has 3 rings (SSSR count). The quantitative estimate of drug-likeness (QED) is 0.673. The van der Waals surface area contributed by atoms with Crippen molar-refractivity contribution < 1.29 is 8.42 Å². The zero-order valence-corrected chi connectivity index (χ0v) is 18.7. The summed E-state index contributed by atoms with van der Waals surface area (Å²) in [6.07, 6.45) is 0.704. The molecule has 1 N–H and O–H groups in total. The van der Waals surface area contributed by atoms with Gasteiger partial charge in [-0.15, -0.1) is 11.8 Å². The lowest BCUT2D eigenvalue weighted by atomic mass is 10.1. The van der Waals surface area contributed by atoms with E-state index in [4.69, 9.17) is 0 Å². The lowest BCUT2D eigenvalue weighted by molar-refractivity contribution is 0.567. The topological polar surface area (TPSA) is 49.4 Å². The molecular formula is C22H30N2O2S2. The number of nitrogens with zero attached hydrogens (tertiary/aromatic N) is 1. The molecule has 1 aliphatic rings. The second-order valence-corrected chi connectivity index (χ2v) is 12.1. The Labute approximate surface area is 173 Å². The zero-order valence-electron chi connectivity index (χ0n) is 17.1. The van der Waals surface area contributed by atoms with Crippen LogP contribution in [0.5, 0.6) is 0 Å². The first-order valence-corrected chi connectivity index (χ1v) is 12.2. The van der Waals surface area contributed by atoms with Gasteiger partial charge in [0.1, 0.15) is 0 Å². The van der Waals surface area contributed by atoms with Crippen LogP contribution in [0.2, 0.25) is 0 Å². The van der Waals surface area contributed by atoms with E-state index >= 15 is 0 Å². The van der Waals surface area contributed by atoms with Crippen LogP contribution in [-0.2, 0) is 16.6 Å². The largest absolute Gasteiger partial charge is 0.306 e. The third kappa shape index (κ3) is 5.31. The predicted octanol–water partition coefficient (Wildman–Crippen LogP) is 4.97. The van der Waals surface area contributed by atoms with E-state index in [0.29, 0.717) is 13.0 Å². The van der Waals surface area contributed by atoms with E-state index in [1.807, 2.05) is 36.0 Å². The van der Waals surface area contributed by atoms with Crippen molar-refractivity contribution in [3.63, 3.8) is 0 Å². The van der Waals surface area contributed by atoms with Gasteiger partial charge in [0.15, 0.2) is 0 Å². The number of thioether (sulfide) groups is 1. The molecule has 4 nitrogen and oxygen atoms in total. The van der Waals surface area contributed by atoms with E-state index in [9.17, 15) is 8.42 Å². The molecule has 1 aliphatic heterocycles. The molecule has 0 bridgehead atoms. The lowest BCUT2D eigenvalue weighted by Gasteiger charge is -2.23. The molecule has 0 amide bonds. The third-order valence-corrected chi connectivity index (χ3v) is 7.81. The average Bonchev–Trinajstić information content (AvgIpc) is 2.98. The molecule has 2 aromatic carbocycles. The minimum atomic E-state index is -3.12. The van der Waals surface area contributed by atoms with E-state index in [2.05, 4.69) is 57.3 Å². The van der Waals surface area contributed by atoms with Gasteiger partial charge in [0.05, 0.1) is 11.4 Å². The van der Waals surface area contributed by atoms with Crippen LogP contribution < -0.4 is 9.62 Å². The zero-order chi connectivity index (χ0) is 20.4. The van der Waals surface area contributed by atoms with Crippen molar-refractivity contribution in [3.05, 3.63) is 59.7 Å². The molecule has 1 fully saturated rings. The van der Waals surface area contributed by atoms with Crippen LogP contribution in [-0.4, -0.2) is 25.5 Å². The normalized spacial score (nSPS) is 17.6. The molecule has 6 heteroatoms. The summed E-state index contributed by atoms with van der Waals surface area (Å²) in [5, 5.41) is 3.60. The molecule has 0 radical (unpaired) electrons. The summed E-state index contributed by atoms with van der Waals surface area (Å²) >= 11 is 1.89. The molecule has 0 aromatic heterocycles. The summed E-state index contributed by atoms with van der Waals surface area (Å²) in [4.78, 5) is 1.31. The van der Waals surface area contributed by atoms with Crippen molar-refractivity contribution in [1.82, 2.24) is 5.32 Å². The van der Waals surface area contributed by atoms with Gasteiger partial charge in [-0.25, -0.2) is 8.42 Å². The molecular weight excluding hydrogens is 388 g/mol. The number of hydrogen-bond acceptors (Lipinski definition) is 4. The van der Waals surface area contributed by atoms with Gasteiger partial charge >= 0.3 is 0 Å². The molecule has 0 spiro atoms. The van der Waals surface area contributed by atoms with Gasteiger partial charge in [-0.2, -0.15) is 0 Å². The summed E-state index contributed by atoms with van der Waals surface area (Å²) in [6.45, 7) is 10.2. The monoisotopic (exact) mass is 418 g/mol. The highest BCUT2D eigenvalue weighted by atomic mass is 32.2. The van der Waals surface area contributed by atoms with Gasteiger partial charge in [-0.3, -0.25) is 4.31 Å². The molecule has 2 aromatic rings. The molecule has 0 aliphatic carbocycles. The number of anilines is 1. The Morgan fingerprint density at radius 2 is 1.79 bits per heavy atom. The third-order valence-electron chi connectivity index (χ3n) is 4.74. The fourth-order valence-corrected chi connectivity index (χ4v) is 6.09. The fraction of sp³-hybridized carbons (Fsp3) is 0.455. The van der Waals surface area contributed by atoms with Gasteiger partial charge in [0, 0.05) is 28.8 Å². The van der Waals surface area contributed by atoms with Crippen molar-refractivity contribution >= 4 is 27.5 Å². The fourth-order valence-electron chi connectivity index (χ4n) is 3.35. The van der Waals surface area contributed by atoms with Crippen molar-refractivity contribution in [1.29, 1.82) is 0 Å². The number of sulfonamides is 1. The molecule has 1 heterocycles. The van der Waals surface area contributed by atoms with E-state index in [1.165, 1.54) is 14.8 Å². The average molecular weight is 419 g/mol. The summed E-state index contributed by atoms with van der Waals surface area (Å²) in [7, 11) is -3.12. The summed E-state index contributed by atoms with van der Waals surface area (Å²) < 4.78 is 25.8. The highest BCUT2D eigenvalue weighted by Gasteiger charge is 2.28. The number of benzene rings is 2. The summed E-state index contributed by atoms with van der Waals surface area (Å²) in [6, 6.07) is 16.6. The molecule has 152 valence electrons. The first kappa shape index (κ1) is 21.2. The van der Waals surface area contributed by atoms with Gasteiger partial charge in [-0.05, 0) is 42.7 Å². The maximum absolute atomic E-state index is 12.1. The van der Waals surface area contributed by atoms with E-state index in [0.717, 1.165) is 17.8 Å². The van der Waals surface area contributed by atoms with E-state index < -0.39 is 10.0 Å². The Kier molecular flexibility index (Phi) is 6.42. The molecule has 0 saturated carbocycles. The Bertz CT molecular complexity index is 903. The van der Waals surface area contributed by atoms with Gasteiger partial charge in [0.2, 0.25) is 10.0 Å². The SMILES string of the molecule is C[C@@H](NCc1ccc(N2CCCS2(=O)=O)cc1)c1ccccc1SC(C)(C)C. The molecule has 1 saturated heterocycles. The van der Waals surface area contributed by atoms with Crippen LogP contribution in [0.3, 0.4) is 0 Å². The maximum Gasteiger partial charge on any atom is 0.235 e. The van der Waals surface area contributed by atoms with Crippen molar-refractivity contribution in [3.8, 4) is 0 Å². The van der Waals surface area contributed by atoms with Crippen LogP contribution in [0.25, 0.3) is 0 Å². The van der Waals surface area contributed by atoms with Crippen LogP contribution >= 0.6 is 11.8 Å². The predicted molar refractivity (Wildman–Crippen MR) is 119 cm³/mol. The molecule has 1 atom stereocenters. The highest BCUT2D eigenvalue weighted by Crippen LogP contribution is 2.36. The van der Waals surface area contributed by atoms with Gasteiger partial charge < -0.3 is 5.32 Å². The Morgan fingerprint density at radius 1 is 1.11 bits per heavy atom. The number of nitrogens with one attached hydrogen (secondary N) is 1. The summed E-state index contributed by atoms with van der Waals surface area (Å²) in [5.41, 5.74) is 3.22. The van der Waals surface area contributed by atoms with Gasteiger partial charge in [-0.1, -0.05) is 51.1 Å². The Balaban J connectivity index is 1.65. The van der Waals surface area contributed by atoms with Crippen LogP contribution in [0.1, 0.15) is 51.3 Å². The molecule has 0 unspecified atom stereocenters. The Hall–Kier alpha value is -1.50. The van der Waals surface area contributed by atoms with Crippen molar-refractivity contribution in [2.24, 2.45) is 0 Å². The minimum Gasteiger partial charge on any atom is -0.306 e. The smallest absolute Gasteiger partial charge is 0.235 e. The molecule has 28 heavy (non-hydrogen) atoms.